The van der Waals surface area contributed by atoms with Gasteiger partial charge in [0.2, 0.25) is 0 Å². The number of nitrogen functional groups attached to an aromatic ring is 1. The van der Waals surface area contributed by atoms with E-state index in [9.17, 15) is 4.79 Å². The lowest BCUT2D eigenvalue weighted by atomic mass is 10.2. The Labute approximate surface area is 129 Å². The summed E-state index contributed by atoms with van der Waals surface area (Å²) in [5.41, 5.74) is 6.42. The van der Waals surface area contributed by atoms with Gasteiger partial charge in [0.1, 0.15) is 11.6 Å². The number of pyridine rings is 1. The first-order valence-corrected chi connectivity index (χ1v) is 6.74. The van der Waals surface area contributed by atoms with Crippen LogP contribution in [0.4, 0.5) is 11.5 Å². The van der Waals surface area contributed by atoms with E-state index in [0.717, 1.165) is 4.47 Å². The molecule has 0 aliphatic carbocycles. The van der Waals surface area contributed by atoms with Crippen molar-refractivity contribution in [1.29, 1.82) is 0 Å². The molecule has 0 saturated heterocycles. The Morgan fingerprint density at radius 3 is 2.85 bits per heavy atom. The quantitative estimate of drug-likeness (QED) is 0.884. The molecule has 0 unspecified atom stereocenters. The first-order valence-electron chi connectivity index (χ1n) is 5.57. The highest BCUT2D eigenvalue weighted by atomic mass is 79.9. The van der Waals surface area contributed by atoms with Gasteiger partial charge in [-0.3, -0.25) is 4.79 Å². The first-order chi connectivity index (χ1) is 9.51. The number of hydrogen-bond donors (Lipinski definition) is 2. The Bertz CT molecular complexity index is 664. The van der Waals surface area contributed by atoms with Crippen molar-refractivity contribution < 1.29 is 9.53 Å². The fourth-order valence-electron chi connectivity index (χ4n) is 1.51. The number of nitrogens with one attached hydrogen (secondary N) is 1. The van der Waals surface area contributed by atoms with E-state index in [1.165, 1.54) is 12.3 Å². The Morgan fingerprint density at radius 2 is 2.20 bits per heavy atom. The third kappa shape index (κ3) is 3.20. The number of rotatable bonds is 3. The molecule has 0 fully saturated rings. The second-order valence-electron chi connectivity index (χ2n) is 3.89. The van der Waals surface area contributed by atoms with Gasteiger partial charge in [0, 0.05) is 18.0 Å². The van der Waals surface area contributed by atoms with Gasteiger partial charge in [-0.25, -0.2) is 4.98 Å². The van der Waals surface area contributed by atoms with Gasteiger partial charge in [0.05, 0.1) is 22.2 Å². The highest BCUT2D eigenvalue weighted by molar-refractivity contribution is 9.10. The third-order valence-corrected chi connectivity index (χ3v) is 3.50. The monoisotopic (exact) mass is 355 g/mol. The summed E-state index contributed by atoms with van der Waals surface area (Å²) in [4.78, 5) is 15.9. The SMILES string of the molecule is COc1cc(NC(=O)c2cnc(N)c(Cl)c2)ccc1Br. The van der Waals surface area contributed by atoms with E-state index >= 15 is 0 Å². The number of methoxy groups -OCH3 is 1. The Kier molecular flexibility index (Phi) is 4.46. The fourth-order valence-corrected chi connectivity index (χ4v) is 2.09. The predicted octanol–water partition coefficient (Wildman–Crippen LogP) is 3.34. The molecule has 2 rings (SSSR count). The van der Waals surface area contributed by atoms with Gasteiger partial charge in [-0.15, -0.1) is 0 Å². The maximum Gasteiger partial charge on any atom is 0.257 e. The number of nitrogens with two attached hydrogens (primary N) is 1. The smallest absolute Gasteiger partial charge is 0.257 e. The molecule has 5 nitrogen and oxygen atoms in total. The van der Waals surface area contributed by atoms with E-state index in [2.05, 4.69) is 26.2 Å². The molecular formula is C13H11BrClN3O2. The van der Waals surface area contributed by atoms with E-state index in [1.54, 1.807) is 25.3 Å². The second kappa shape index (κ2) is 6.11. The maximum absolute atomic E-state index is 12.1. The number of ether oxygens (including phenoxy) is 1. The molecule has 0 radical (unpaired) electrons. The molecule has 104 valence electrons. The van der Waals surface area contributed by atoms with Crippen molar-refractivity contribution in [2.75, 3.05) is 18.2 Å². The summed E-state index contributed by atoms with van der Waals surface area (Å²) < 4.78 is 5.96. The van der Waals surface area contributed by atoms with Crippen molar-refractivity contribution in [3.8, 4) is 5.75 Å². The summed E-state index contributed by atoms with van der Waals surface area (Å²) >= 11 is 9.18. The minimum atomic E-state index is -0.330. The zero-order chi connectivity index (χ0) is 14.7. The van der Waals surface area contributed by atoms with Crippen LogP contribution in [0, 0.1) is 0 Å². The number of carbonyl (C=O) groups is 1. The van der Waals surface area contributed by atoms with Gasteiger partial charge in [0.25, 0.3) is 5.91 Å². The summed E-state index contributed by atoms with van der Waals surface area (Å²) in [6.45, 7) is 0. The highest BCUT2D eigenvalue weighted by Crippen LogP contribution is 2.28. The van der Waals surface area contributed by atoms with Crippen molar-refractivity contribution in [2.24, 2.45) is 0 Å². The first kappa shape index (κ1) is 14.6. The molecule has 1 aromatic carbocycles. The number of hydrogen-bond acceptors (Lipinski definition) is 4. The normalized spacial score (nSPS) is 10.2. The molecule has 0 atom stereocenters. The molecule has 2 aromatic rings. The van der Waals surface area contributed by atoms with E-state index in [4.69, 9.17) is 22.1 Å². The Hall–Kier alpha value is -1.79. The lowest BCUT2D eigenvalue weighted by Gasteiger charge is -2.09. The molecule has 0 spiro atoms. The fraction of sp³-hybridized carbons (Fsp3) is 0.0769. The maximum atomic E-state index is 12.1. The zero-order valence-corrected chi connectivity index (χ0v) is 12.8. The molecule has 1 amide bonds. The molecule has 0 bridgehead atoms. The minimum Gasteiger partial charge on any atom is -0.495 e. The average molecular weight is 357 g/mol. The van der Waals surface area contributed by atoms with Crippen LogP contribution in [-0.4, -0.2) is 18.0 Å². The van der Waals surface area contributed by atoms with Crippen LogP contribution in [0.3, 0.4) is 0 Å². The van der Waals surface area contributed by atoms with Crippen molar-refractivity contribution >= 4 is 44.9 Å². The van der Waals surface area contributed by atoms with Crippen LogP contribution in [0.5, 0.6) is 5.75 Å². The Balaban J connectivity index is 2.21. The van der Waals surface area contributed by atoms with Gasteiger partial charge in [-0.05, 0) is 34.1 Å². The summed E-state index contributed by atoms with van der Waals surface area (Å²) in [5.74, 6) is 0.480. The van der Waals surface area contributed by atoms with Crippen molar-refractivity contribution in [1.82, 2.24) is 4.98 Å². The number of benzene rings is 1. The molecular weight excluding hydrogens is 346 g/mol. The molecule has 0 saturated carbocycles. The van der Waals surface area contributed by atoms with Crippen molar-refractivity contribution in [3.63, 3.8) is 0 Å². The van der Waals surface area contributed by atoms with E-state index in [0.29, 0.717) is 17.0 Å². The van der Waals surface area contributed by atoms with Crippen LogP contribution in [0.1, 0.15) is 10.4 Å². The molecule has 20 heavy (non-hydrogen) atoms. The number of halogens is 2. The van der Waals surface area contributed by atoms with Crippen LogP contribution in [0.15, 0.2) is 34.9 Å². The minimum absolute atomic E-state index is 0.188. The van der Waals surface area contributed by atoms with Crippen LogP contribution < -0.4 is 15.8 Å². The van der Waals surface area contributed by atoms with E-state index in [1.807, 2.05) is 0 Å². The van der Waals surface area contributed by atoms with Crippen LogP contribution in [-0.2, 0) is 0 Å². The topological polar surface area (TPSA) is 77.2 Å². The zero-order valence-electron chi connectivity index (χ0n) is 10.5. The molecule has 0 aliphatic heterocycles. The van der Waals surface area contributed by atoms with Gasteiger partial charge in [-0.2, -0.15) is 0 Å². The van der Waals surface area contributed by atoms with Gasteiger partial charge < -0.3 is 15.8 Å². The van der Waals surface area contributed by atoms with E-state index < -0.39 is 0 Å². The van der Waals surface area contributed by atoms with Gasteiger partial charge in [-0.1, -0.05) is 11.6 Å². The number of amides is 1. The summed E-state index contributed by atoms with van der Waals surface area (Å²) in [7, 11) is 1.55. The predicted molar refractivity (Wildman–Crippen MR) is 82.3 cm³/mol. The molecule has 1 aromatic heterocycles. The van der Waals surface area contributed by atoms with Crippen molar-refractivity contribution in [2.45, 2.75) is 0 Å². The number of aromatic nitrogens is 1. The summed E-state index contributed by atoms with van der Waals surface area (Å²) in [6.07, 6.45) is 1.37. The van der Waals surface area contributed by atoms with Gasteiger partial charge in [0.15, 0.2) is 0 Å². The third-order valence-electron chi connectivity index (χ3n) is 2.54. The number of nitrogens with zero attached hydrogens (tertiary/aromatic N) is 1. The lowest BCUT2D eigenvalue weighted by molar-refractivity contribution is 0.102. The second-order valence-corrected chi connectivity index (χ2v) is 5.16. The van der Waals surface area contributed by atoms with Crippen LogP contribution in [0.2, 0.25) is 5.02 Å². The summed E-state index contributed by atoms with van der Waals surface area (Å²) in [5, 5.41) is 2.97. The van der Waals surface area contributed by atoms with Crippen molar-refractivity contribution in [3.05, 3.63) is 45.5 Å². The largest absolute Gasteiger partial charge is 0.495 e. The Morgan fingerprint density at radius 1 is 1.45 bits per heavy atom. The number of anilines is 2. The average Bonchev–Trinajstić information content (AvgIpc) is 2.43. The lowest BCUT2D eigenvalue weighted by Crippen LogP contribution is -2.12. The highest BCUT2D eigenvalue weighted by Gasteiger charge is 2.10. The van der Waals surface area contributed by atoms with Crippen LogP contribution >= 0.6 is 27.5 Å². The summed E-state index contributed by atoms with van der Waals surface area (Å²) in [6, 6.07) is 6.70. The molecule has 1 heterocycles. The standard InChI is InChI=1S/C13H11BrClN3O2/c1-20-11-5-8(2-3-9(11)14)18-13(19)7-4-10(15)12(16)17-6-7/h2-6H,1H3,(H2,16,17)(H,18,19). The molecule has 7 heteroatoms. The molecule has 3 N–H and O–H groups in total. The van der Waals surface area contributed by atoms with Gasteiger partial charge >= 0.3 is 0 Å². The number of carbonyl (C=O) groups excluding carboxylic acids is 1. The molecule has 0 aliphatic rings. The van der Waals surface area contributed by atoms with E-state index in [-0.39, 0.29) is 16.7 Å². The van der Waals surface area contributed by atoms with Crippen LogP contribution in [0.25, 0.3) is 0 Å².